The van der Waals surface area contributed by atoms with E-state index in [1.807, 2.05) is 73.0 Å². The number of nitrogens with one attached hydrogen (secondary N) is 1. The molecule has 6 nitrogen and oxygen atoms in total. The molecule has 2 heterocycles. The second-order valence-corrected chi connectivity index (χ2v) is 7.22. The quantitative estimate of drug-likeness (QED) is 0.447. The summed E-state index contributed by atoms with van der Waals surface area (Å²) in [4.78, 5) is 16.8. The number of fused-ring (bicyclic) bond motifs is 1. The Morgan fingerprint density at radius 2 is 1.81 bits per heavy atom. The Morgan fingerprint density at radius 3 is 2.61 bits per heavy atom. The molecule has 6 heteroatoms. The van der Waals surface area contributed by atoms with Crippen molar-refractivity contribution in [3.63, 3.8) is 0 Å². The minimum Gasteiger partial charge on any atom is -0.494 e. The van der Waals surface area contributed by atoms with Gasteiger partial charge in [0, 0.05) is 30.0 Å². The minimum atomic E-state index is -0.0461. The van der Waals surface area contributed by atoms with Gasteiger partial charge in [-0.3, -0.25) is 4.79 Å². The van der Waals surface area contributed by atoms with Gasteiger partial charge in [-0.25, -0.2) is 4.98 Å². The summed E-state index contributed by atoms with van der Waals surface area (Å²) in [7, 11) is 0. The molecule has 0 atom stereocenters. The van der Waals surface area contributed by atoms with E-state index in [0.29, 0.717) is 24.8 Å². The number of ether oxygens (including phenoxy) is 2. The summed E-state index contributed by atoms with van der Waals surface area (Å²) in [6, 6.07) is 21.2. The fourth-order valence-corrected chi connectivity index (χ4v) is 3.47. The zero-order valence-electron chi connectivity index (χ0n) is 17.7. The molecule has 0 fully saturated rings. The lowest BCUT2D eigenvalue weighted by atomic mass is 10.2. The van der Waals surface area contributed by atoms with Gasteiger partial charge in [0.25, 0.3) is 0 Å². The summed E-state index contributed by atoms with van der Waals surface area (Å²) in [6.45, 7) is 5.26. The van der Waals surface area contributed by atoms with Crippen LogP contribution in [0.25, 0.3) is 10.9 Å². The number of hydrogen-bond donors (Lipinski definition) is 1. The molecule has 0 unspecified atom stereocenters. The van der Waals surface area contributed by atoms with Crippen molar-refractivity contribution in [1.29, 1.82) is 0 Å². The molecule has 158 valence electrons. The van der Waals surface area contributed by atoms with E-state index in [2.05, 4.69) is 22.4 Å². The SMILES string of the molecule is CCOc1ccc(Oc2cc(CNC(=O)Cn3c(C)cc4ccccc43)ccn2)cc1. The maximum absolute atomic E-state index is 12.6. The molecule has 0 spiro atoms. The molecule has 0 aliphatic rings. The molecule has 0 aliphatic heterocycles. The van der Waals surface area contributed by atoms with Crippen LogP contribution in [0.2, 0.25) is 0 Å². The first-order valence-electron chi connectivity index (χ1n) is 10.3. The Bertz CT molecular complexity index is 1180. The zero-order chi connectivity index (χ0) is 21.6. The molecule has 4 aromatic rings. The monoisotopic (exact) mass is 415 g/mol. The summed E-state index contributed by atoms with van der Waals surface area (Å²) >= 11 is 0. The number of pyridine rings is 1. The van der Waals surface area contributed by atoms with Gasteiger partial charge in [0.1, 0.15) is 18.0 Å². The number of aromatic nitrogens is 2. The average molecular weight is 415 g/mol. The Balaban J connectivity index is 1.36. The van der Waals surface area contributed by atoms with Gasteiger partial charge in [-0.2, -0.15) is 0 Å². The van der Waals surface area contributed by atoms with Crippen LogP contribution in [-0.2, 0) is 17.9 Å². The summed E-state index contributed by atoms with van der Waals surface area (Å²) in [6.07, 6.45) is 1.68. The second kappa shape index (κ2) is 9.34. The van der Waals surface area contributed by atoms with Crippen molar-refractivity contribution in [2.24, 2.45) is 0 Å². The van der Waals surface area contributed by atoms with Gasteiger partial charge in [0.05, 0.1) is 6.61 Å². The van der Waals surface area contributed by atoms with Crippen molar-refractivity contribution in [2.45, 2.75) is 26.9 Å². The lowest BCUT2D eigenvalue weighted by Gasteiger charge is -2.11. The van der Waals surface area contributed by atoms with Crippen molar-refractivity contribution in [3.8, 4) is 17.4 Å². The standard InChI is InChI=1S/C25H25N3O3/c1-3-30-21-8-10-22(11-9-21)31-25-15-19(12-13-26-25)16-27-24(29)17-28-18(2)14-20-6-4-5-7-23(20)28/h4-15H,3,16-17H2,1-2H3,(H,27,29). The van der Waals surface area contributed by atoms with Gasteiger partial charge in [0.2, 0.25) is 11.8 Å². The molecular formula is C25H25N3O3. The van der Waals surface area contributed by atoms with E-state index in [1.54, 1.807) is 6.20 Å². The molecule has 0 saturated carbocycles. The van der Waals surface area contributed by atoms with Crippen molar-refractivity contribution < 1.29 is 14.3 Å². The molecular weight excluding hydrogens is 390 g/mol. The van der Waals surface area contributed by atoms with E-state index in [0.717, 1.165) is 27.9 Å². The second-order valence-electron chi connectivity index (χ2n) is 7.22. The van der Waals surface area contributed by atoms with E-state index in [9.17, 15) is 4.79 Å². The first-order valence-corrected chi connectivity index (χ1v) is 10.3. The highest BCUT2D eigenvalue weighted by molar-refractivity contribution is 5.84. The molecule has 1 amide bonds. The predicted molar refractivity (Wildman–Crippen MR) is 120 cm³/mol. The summed E-state index contributed by atoms with van der Waals surface area (Å²) < 4.78 is 13.3. The first-order chi connectivity index (χ1) is 15.1. The van der Waals surface area contributed by atoms with Crippen molar-refractivity contribution >= 4 is 16.8 Å². The lowest BCUT2D eigenvalue weighted by Crippen LogP contribution is -2.27. The number of rotatable bonds is 8. The zero-order valence-corrected chi connectivity index (χ0v) is 17.7. The Morgan fingerprint density at radius 1 is 1.03 bits per heavy atom. The van der Waals surface area contributed by atoms with Crippen LogP contribution in [0.15, 0.2) is 72.9 Å². The number of carbonyl (C=O) groups is 1. The van der Waals surface area contributed by atoms with Crippen LogP contribution < -0.4 is 14.8 Å². The Labute approximate surface area is 181 Å². The van der Waals surface area contributed by atoms with E-state index < -0.39 is 0 Å². The number of benzene rings is 2. The van der Waals surface area contributed by atoms with Crippen LogP contribution in [0, 0.1) is 6.92 Å². The molecule has 0 saturated heterocycles. The molecule has 2 aromatic carbocycles. The molecule has 31 heavy (non-hydrogen) atoms. The van der Waals surface area contributed by atoms with Gasteiger partial charge < -0.3 is 19.4 Å². The summed E-state index contributed by atoms with van der Waals surface area (Å²) in [5.41, 5.74) is 3.04. The van der Waals surface area contributed by atoms with Crippen LogP contribution >= 0.6 is 0 Å². The fraction of sp³-hybridized carbons (Fsp3) is 0.200. The summed E-state index contributed by atoms with van der Waals surface area (Å²) in [5, 5.41) is 4.12. The van der Waals surface area contributed by atoms with Gasteiger partial charge in [0.15, 0.2) is 0 Å². The molecule has 0 radical (unpaired) electrons. The number of carbonyl (C=O) groups excluding carboxylic acids is 1. The number of para-hydroxylation sites is 1. The highest BCUT2D eigenvalue weighted by Crippen LogP contribution is 2.23. The van der Waals surface area contributed by atoms with Crippen LogP contribution in [-0.4, -0.2) is 22.1 Å². The largest absolute Gasteiger partial charge is 0.494 e. The number of hydrogen-bond acceptors (Lipinski definition) is 4. The molecule has 2 aromatic heterocycles. The Kier molecular flexibility index (Phi) is 6.17. The third kappa shape index (κ3) is 5.04. The van der Waals surface area contributed by atoms with Gasteiger partial charge in [-0.15, -0.1) is 0 Å². The molecule has 1 N–H and O–H groups in total. The van der Waals surface area contributed by atoms with E-state index >= 15 is 0 Å². The summed E-state index contributed by atoms with van der Waals surface area (Å²) in [5.74, 6) is 1.90. The van der Waals surface area contributed by atoms with Crippen molar-refractivity contribution in [3.05, 3.63) is 84.2 Å². The lowest BCUT2D eigenvalue weighted by molar-refractivity contribution is -0.121. The highest BCUT2D eigenvalue weighted by Gasteiger charge is 2.10. The van der Waals surface area contributed by atoms with Gasteiger partial charge in [-0.1, -0.05) is 18.2 Å². The first kappa shape index (κ1) is 20.5. The van der Waals surface area contributed by atoms with Crippen LogP contribution in [0.4, 0.5) is 0 Å². The third-order valence-corrected chi connectivity index (χ3v) is 4.97. The van der Waals surface area contributed by atoms with Gasteiger partial charge in [-0.05, 0) is 67.3 Å². The predicted octanol–water partition coefficient (Wildman–Crippen LogP) is 4.85. The van der Waals surface area contributed by atoms with Crippen molar-refractivity contribution in [2.75, 3.05) is 6.61 Å². The Hall–Kier alpha value is -3.80. The number of amides is 1. The average Bonchev–Trinajstić information content (AvgIpc) is 3.09. The highest BCUT2D eigenvalue weighted by atomic mass is 16.5. The molecule has 0 bridgehead atoms. The van der Waals surface area contributed by atoms with Crippen molar-refractivity contribution in [1.82, 2.24) is 14.9 Å². The maximum Gasteiger partial charge on any atom is 0.240 e. The normalized spacial score (nSPS) is 10.8. The van der Waals surface area contributed by atoms with Crippen LogP contribution in [0.3, 0.4) is 0 Å². The maximum atomic E-state index is 12.6. The minimum absolute atomic E-state index is 0.0461. The fourth-order valence-electron chi connectivity index (χ4n) is 3.47. The van der Waals surface area contributed by atoms with Gasteiger partial charge >= 0.3 is 0 Å². The number of nitrogens with zero attached hydrogens (tertiary/aromatic N) is 2. The van der Waals surface area contributed by atoms with Crippen LogP contribution in [0.1, 0.15) is 18.2 Å². The smallest absolute Gasteiger partial charge is 0.240 e. The number of aryl methyl sites for hydroxylation is 1. The topological polar surface area (TPSA) is 65.4 Å². The molecule has 4 rings (SSSR count). The van der Waals surface area contributed by atoms with E-state index in [-0.39, 0.29) is 12.5 Å². The van der Waals surface area contributed by atoms with Crippen LogP contribution in [0.5, 0.6) is 17.4 Å². The van der Waals surface area contributed by atoms with E-state index in [4.69, 9.17) is 9.47 Å². The van der Waals surface area contributed by atoms with E-state index in [1.165, 1.54) is 0 Å². The molecule has 0 aliphatic carbocycles. The third-order valence-electron chi connectivity index (χ3n) is 4.97.